The maximum absolute atomic E-state index is 12.9. The lowest BCUT2D eigenvalue weighted by Gasteiger charge is -2.40. The Hall–Kier alpha value is -2.84. The van der Waals surface area contributed by atoms with E-state index < -0.39 is 6.23 Å². The van der Waals surface area contributed by atoms with Crippen LogP contribution >= 0.6 is 0 Å². The van der Waals surface area contributed by atoms with Gasteiger partial charge in [-0.05, 0) is 38.0 Å². The largest absolute Gasteiger partial charge is 0.495 e. The minimum atomic E-state index is -0.549. The van der Waals surface area contributed by atoms with E-state index in [-0.39, 0.29) is 10.5 Å². The third kappa shape index (κ3) is 2.94. The third-order valence-electron chi connectivity index (χ3n) is 5.27. The molecule has 0 saturated heterocycles. The van der Waals surface area contributed by atoms with Gasteiger partial charge in [-0.15, -0.1) is 4.59 Å². The molecule has 8 heteroatoms. The number of anilines is 1. The number of carbonyl (C=O) groups is 1. The first kappa shape index (κ1) is 18.5. The Morgan fingerprint density at radius 3 is 2.61 bits per heavy atom. The topological polar surface area (TPSA) is 76.4 Å². The van der Waals surface area contributed by atoms with Crippen molar-refractivity contribution < 1.29 is 18.9 Å². The van der Waals surface area contributed by atoms with Crippen LogP contribution in [0.25, 0.3) is 0 Å². The van der Waals surface area contributed by atoms with Crippen LogP contribution in [0.2, 0.25) is 0 Å². The molecule has 1 aliphatic carbocycles. The van der Waals surface area contributed by atoms with Crippen molar-refractivity contribution in [3.63, 3.8) is 0 Å². The van der Waals surface area contributed by atoms with Crippen LogP contribution < -0.4 is 9.64 Å². The number of carbonyl (C=O) groups excluding carboxylic acids is 1. The minimum absolute atomic E-state index is 0.130. The van der Waals surface area contributed by atoms with Crippen LogP contribution in [0, 0.1) is 5.92 Å². The highest BCUT2D eigenvalue weighted by Crippen LogP contribution is 2.45. The van der Waals surface area contributed by atoms with Crippen LogP contribution in [0.5, 0.6) is 5.75 Å². The van der Waals surface area contributed by atoms with E-state index in [1.807, 2.05) is 24.0 Å². The van der Waals surface area contributed by atoms with Gasteiger partial charge >= 0.3 is 5.91 Å². The lowest BCUT2D eigenvalue weighted by atomic mass is 10.1. The van der Waals surface area contributed by atoms with Crippen LogP contribution in [0.3, 0.4) is 0 Å². The van der Waals surface area contributed by atoms with Gasteiger partial charge in [-0.3, -0.25) is 4.90 Å². The molecular weight excluding hydrogens is 358 g/mol. The molecule has 0 spiro atoms. The molecular formula is C20H24N5O3+. The molecule has 2 atom stereocenters. The third-order valence-corrected chi connectivity index (χ3v) is 5.27. The zero-order chi connectivity index (χ0) is 19.9. The molecule has 1 aromatic heterocycles. The number of nitrogens with zero attached hydrogens (tertiary/aromatic N) is 5. The number of quaternary nitrogens is 1. The van der Waals surface area contributed by atoms with Crippen molar-refractivity contribution in [1.29, 1.82) is 0 Å². The molecule has 28 heavy (non-hydrogen) atoms. The van der Waals surface area contributed by atoms with Gasteiger partial charge in [0.05, 0.1) is 19.5 Å². The number of allylic oxidation sites excluding steroid dienone is 2. The first-order valence-corrected chi connectivity index (χ1v) is 9.25. The summed E-state index contributed by atoms with van der Waals surface area (Å²) < 4.78 is 10.9. The van der Waals surface area contributed by atoms with Gasteiger partial charge in [0, 0.05) is 19.1 Å². The van der Waals surface area contributed by atoms with Crippen molar-refractivity contribution in [2.45, 2.75) is 26.0 Å². The van der Waals surface area contributed by atoms with Crippen molar-refractivity contribution in [3.05, 3.63) is 41.9 Å². The highest BCUT2D eigenvalue weighted by Gasteiger charge is 2.51. The number of rotatable bonds is 5. The summed E-state index contributed by atoms with van der Waals surface area (Å²) in [4.78, 5) is 24.1. The second-order valence-corrected chi connectivity index (χ2v) is 7.14. The number of aliphatic imine (C=N–C) groups is 1. The van der Waals surface area contributed by atoms with Crippen LogP contribution in [0.1, 0.15) is 19.8 Å². The summed E-state index contributed by atoms with van der Waals surface area (Å²) in [7, 11) is 5.01. The van der Waals surface area contributed by atoms with Gasteiger partial charge in [0.1, 0.15) is 30.1 Å². The zero-order valence-electron chi connectivity index (χ0n) is 16.5. The molecule has 0 N–H and O–H groups in total. The maximum Gasteiger partial charge on any atom is 0.369 e. The molecule has 2 aliphatic heterocycles. The normalized spacial score (nSPS) is 27.3. The monoisotopic (exact) mass is 382 g/mol. The van der Waals surface area contributed by atoms with Gasteiger partial charge in [-0.1, -0.05) is 5.10 Å². The second-order valence-electron chi connectivity index (χ2n) is 7.14. The van der Waals surface area contributed by atoms with Gasteiger partial charge in [0.2, 0.25) is 11.9 Å². The van der Waals surface area contributed by atoms with E-state index in [4.69, 9.17) is 14.5 Å². The number of aromatic nitrogens is 1. The summed E-state index contributed by atoms with van der Waals surface area (Å²) in [5.74, 6) is 2.30. The van der Waals surface area contributed by atoms with E-state index in [1.54, 1.807) is 45.8 Å². The predicted octanol–water partition coefficient (Wildman–Crippen LogP) is 2.45. The van der Waals surface area contributed by atoms with Crippen molar-refractivity contribution >= 4 is 23.8 Å². The number of hydrogen-bond donors (Lipinski definition) is 0. The summed E-state index contributed by atoms with van der Waals surface area (Å²) in [6, 6.07) is 3.69. The fourth-order valence-corrected chi connectivity index (χ4v) is 3.62. The summed E-state index contributed by atoms with van der Waals surface area (Å²) in [5.41, 5.74) is 1.64. The number of amidine groups is 1. The first-order chi connectivity index (χ1) is 13.5. The van der Waals surface area contributed by atoms with Crippen molar-refractivity contribution in [3.8, 4) is 5.75 Å². The zero-order valence-corrected chi connectivity index (χ0v) is 16.5. The van der Waals surface area contributed by atoms with E-state index in [2.05, 4.69) is 10.1 Å². The highest BCUT2D eigenvalue weighted by molar-refractivity contribution is 5.98. The predicted molar refractivity (Wildman–Crippen MR) is 106 cm³/mol. The number of amides is 1. The fourth-order valence-electron chi connectivity index (χ4n) is 3.62. The summed E-state index contributed by atoms with van der Waals surface area (Å²) >= 11 is 0. The molecule has 8 nitrogen and oxygen atoms in total. The number of hydrogen-bond acceptors (Lipinski definition) is 7. The van der Waals surface area contributed by atoms with E-state index in [0.717, 1.165) is 30.1 Å². The minimum Gasteiger partial charge on any atom is -0.495 e. The van der Waals surface area contributed by atoms with Crippen molar-refractivity contribution in [1.82, 2.24) is 4.98 Å². The summed E-state index contributed by atoms with van der Waals surface area (Å²) in [6.45, 7) is 1.93. The smallest absolute Gasteiger partial charge is 0.369 e. The number of likely N-dealkylation sites (N-methyl/N-ethyl adjacent to an activating group) is 1. The molecule has 146 valence electrons. The van der Waals surface area contributed by atoms with Crippen LogP contribution in [0.15, 0.2) is 52.0 Å². The van der Waals surface area contributed by atoms with Gasteiger partial charge in [0.15, 0.2) is 0 Å². The van der Waals surface area contributed by atoms with Crippen molar-refractivity contribution in [2.24, 2.45) is 16.0 Å². The number of ether oxygens (including phenoxy) is 2. The van der Waals surface area contributed by atoms with E-state index in [9.17, 15) is 4.79 Å². The Labute approximate surface area is 164 Å². The molecule has 1 unspecified atom stereocenters. The van der Waals surface area contributed by atoms with Crippen molar-refractivity contribution in [2.75, 3.05) is 26.2 Å². The molecule has 1 fully saturated rings. The molecule has 3 heterocycles. The van der Waals surface area contributed by atoms with Gasteiger partial charge in [-0.25, -0.2) is 14.8 Å². The quantitative estimate of drug-likeness (QED) is 0.731. The second kappa shape index (κ2) is 6.96. The SMILES string of the molecule is COc1ccc(N2C(C)=NC(C3CC3)=C([N@+]3(C)N=CC=CC3=O)C2OC)nc1. The molecule has 1 saturated carbocycles. The van der Waals surface area contributed by atoms with E-state index >= 15 is 0 Å². The Morgan fingerprint density at radius 2 is 2.04 bits per heavy atom. The average Bonchev–Trinajstić information content (AvgIpc) is 3.54. The Bertz CT molecular complexity index is 914. The van der Waals surface area contributed by atoms with Crippen LogP contribution in [-0.4, -0.2) is 55.0 Å². The molecule has 0 bridgehead atoms. The van der Waals surface area contributed by atoms with Gasteiger partial charge < -0.3 is 9.47 Å². The lowest BCUT2D eigenvalue weighted by molar-refractivity contribution is -0.804. The summed E-state index contributed by atoms with van der Waals surface area (Å²) in [5, 5.41) is 4.51. The molecule has 4 rings (SSSR count). The number of pyridine rings is 1. The van der Waals surface area contributed by atoms with E-state index in [1.165, 1.54) is 0 Å². The average molecular weight is 382 g/mol. The molecule has 1 aromatic rings. The van der Waals surface area contributed by atoms with Gasteiger partial charge in [0.25, 0.3) is 0 Å². The molecule has 0 aromatic carbocycles. The molecule has 3 aliphatic rings. The molecule has 0 radical (unpaired) electrons. The van der Waals surface area contributed by atoms with Gasteiger partial charge in [-0.2, -0.15) is 0 Å². The fraction of sp³-hybridized carbons (Fsp3) is 0.400. The Kier molecular flexibility index (Phi) is 4.60. The maximum atomic E-state index is 12.9. The van der Waals surface area contributed by atoms with E-state index in [0.29, 0.717) is 17.5 Å². The van der Waals surface area contributed by atoms with Crippen LogP contribution in [-0.2, 0) is 9.53 Å². The first-order valence-electron chi connectivity index (χ1n) is 9.25. The number of methoxy groups -OCH3 is 2. The standard InChI is InChI=1S/C20H24N5O3/c1-13-23-18(14-7-8-14)19(25(2)17(26)6-5-11-22-25)20(28-4)24(13)16-10-9-15(27-3)12-21-16/h5-6,9-12,14,20H,7-8H2,1-4H3/q+1/t20?,25-/m1/s1. The lowest BCUT2D eigenvalue weighted by Crippen LogP contribution is -2.56. The Morgan fingerprint density at radius 1 is 1.25 bits per heavy atom. The highest BCUT2D eigenvalue weighted by atomic mass is 16.5. The summed E-state index contributed by atoms with van der Waals surface area (Å²) in [6.07, 6.45) is 8.05. The molecule has 1 amide bonds. The van der Waals surface area contributed by atoms with Crippen LogP contribution in [0.4, 0.5) is 5.82 Å². The Balaban J connectivity index is 1.85.